The van der Waals surface area contributed by atoms with Crippen LogP contribution < -0.4 is 0 Å². The largest absolute Gasteiger partial charge is 0.264 e. The van der Waals surface area contributed by atoms with E-state index < -0.39 is 0 Å². The van der Waals surface area contributed by atoms with E-state index in [0.717, 1.165) is 50.1 Å². The normalized spacial score (nSPS) is 13.7. The van der Waals surface area contributed by atoms with Crippen molar-refractivity contribution in [3.05, 3.63) is 234 Å². The van der Waals surface area contributed by atoms with Crippen molar-refractivity contribution >= 4 is 24.0 Å². The van der Waals surface area contributed by atoms with Gasteiger partial charge in [0.1, 0.15) is 0 Å². The molecule has 1 aliphatic rings. The van der Waals surface area contributed by atoms with E-state index in [1.165, 1.54) is 33.4 Å². The number of rotatable bonds is 11. The number of hydrogen-bond acceptors (Lipinski definition) is 3. The summed E-state index contributed by atoms with van der Waals surface area (Å²) in [6.07, 6.45) is 14.3. The first-order valence-electron chi connectivity index (χ1n) is 20.3. The van der Waals surface area contributed by atoms with Gasteiger partial charge in [-0.3, -0.25) is 15.0 Å². The lowest BCUT2D eigenvalue weighted by Crippen LogP contribution is -2.15. The van der Waals surface area contributed by atoms with Crippen molar-refractivity contribution in [2.75, 3.05) is 0 Å². The van der Waals surface area contributed by atoms with Gasteiger partial charge >= 0.3 is 0 Å². The Morgan fingerprint density at radius 3 is 1.90 bits per heavy atom. The Labute approximate surface area is 353 Å². The Kier molecular flexibility index (Phi) is 11.6. The third-order valence-corrected chi connectivity index (χ3v) is 11.1. The molecule has 5 nitrogen and oxygen atoms in total. The van der Waals surface area contributed by atoms with E-state index in [1.54, 1.807) is 18.5 Å². The van der Waals surface area contributed by atoms with Crippen LogP contribution in [0.1, 0.15) is 52.8 Å². The first-order chi connectivity index (χ1) is 29.3. The van der Waals surface area contributed by atoms with Gasteiger partial charge in [0.25, 0.3) is 0 Å². The molecule has 0 amide bonds. The predicted octanol–water partition coefficient (Wildman–Crippen LogP) is 12.9. The fourth-order valence-corrected chi connectivity index (χ4v) is 7.91. The highest BCUT2D eigenvalue weighted by atomic mass is 15.0. The standard InChI is InChI=1S/C55H47N5/c1-6-41(53(56-5)60-54(42-17-11-8-12-18-42)59-35-40-15-9-7-10-16-40)31-43(24-22-39-23-26-50-49-25-21-38(2)29-51(49)55(3,4)52(50)30-39)46-32-47(44-19-13-27-57-36-44)34-48(33-46)45-20-14-28-58-37-45/h6-21,23-34,36-37H,1,5,22,35H2,2-4H3/b41-31+,43-24+,59-54-,60-53-. The average molecular weight is 778 g/mol. The average Bonchev–Trinajstić information content (AvgIpc) is 3.52. The summed E-state index contributed by atoms with van der Waals surface area (Å²) in [5, 5.41) is 0. The molecule has 0 atom stereocenters. The van der Waals surface area contributed by atoms with Crippen molar-refractivity contribution in [3.63, 3.8) is 0 Å². The molecule has 1 aliphatic carbocycles. The number of nitrogens with zero attached hydrogens (tertiary/aromatic N) is 5. The smallest absolute Gasteiger partial charge is 0.161 e. The number of pyridine rings is 2. The van der Waals surface area contributed by atoms with E-state index in [9.17, 15) is 0 Å². The molecule has 0 spiro atoms. The van der Waals surface area contributed by atoms with E-state index in [0.29, 0.717) is 24.6 Å². The van der Waals surface area contributed by atoms with Gasteiger partial charge < -0.3 is 0 Å². The van der Waals surface area contributed by atoms with Gasteiger partial charge in [0.15, 0.2) is 11.7 Å². The van der Waals surface area contributed by atoms with Crippen molar-refractivity contribution in [1.82, 2.24) is 9.97 Å². The Morgan fingerprint density at radius 1 is 0.650 bits per heavy atom. The molecule has 60 heavy (non-hydrogen) atoms. The second kappa shape index (κ2) is 17.6. The summed E-state index contributed by atoms with van der Waals surface area (Å²) in [6, 6.07) is 48.7. The first kappa shape index (κ1) is 39.5. The van der Waals surface area contributed by atoms with Crippen molar-refractivity contribution in [1.29, 1.82) is 0 Å². The van der Waals surface area contributed by atoms with E-state index in [1.807, 2.05) is 73.1 Å². The minimum Gasteiger partial charge on any atom is -0.264 e. The molecule has 0 saturated carbocycles. The molecule has 0 unspecified atom stereocenters. The van der Waals surface area contributed by atoms with Crippen molar-refractivity contribution in [2.45, 2.75) is 39.2 Å². The van der Waals surface area contributed by atoms with Crippen molar-refractivity contribution in [2.24, 2.45) is 15.0 Å². The molecule has 0 saturated heterocycles. The Balaban J connectivity index is 1.27. The number of amidine groups is 2. The number of fused-ring (bicyclic) bond motifs is 3. The molecule has 0 fully saturated rings. The lowest BCUT2D eigenvalue weighted by Gasteiger charge is -2.22. The third-order valence-electron chi connectivity index (χ3n) is 11.1. The summed E-state index contributed by atoms with van der Waals surface area (Å²) < 4.78 is 0. The number of allylic oxidation sites excluding steroid dienone is 3. The number of aliphatic imine (C=N–C) groups is 3. The Hall–Kier alpha value is -7.37. The van der Waals surface area contributed by atoms with Crippen LogP contribution in [-0.2, 0) is 18.4 Å². The molecule has 0 radical (unpaired) electrons. The minimum atomic E-state index is -0.106. The third kappa shape index (κ3) is 8.57. The molecule has 292 valence electrons. The SMILES string of the molecule is C=CC(=C\C(=C/Cc1ccc2c(c1)C(C)(C)c1cc(C)ccc1-2)c1cc(-c2cccnc2)cc(-c2cccnc2)c1)/C(N=C)=N/C(=N\Cc1ccccc1)c1ccccc1. The summed E-state index contributed by atoms with van der Waals surface area (Å²) in [4.78, 5) is 23.5. The molecule has 0 N–H and O–H groups in total. The predicted molar refractivity (Wildman–Crippen MR) is 252 cm³/mol. The van der Waals surface area contributed by atoms with E-state index in [4.69, 9.17) is 9.98 Å². The van der Waals surface area contributed by atoms with Crippen LogP contribution in [0.2, 0.25) is 0 Å². The molecule has 2 heterocycles. The summed E-state index contributed by atoms with van der Waals surface area (Å²) in [5.41, 5.74) is 16.6. The molecular formula is C55H47N5. The molecule has 5 aromatic carbocycles. The van der Waals surface area contributed by atoms with Crippen molar-refractivity contribution < 1.29 is 0 Å². The van der Waals surface area contributed by atoms with Crippen LogP contribution >= 0.6 is 0 Å². The number of aromatic nitrogens is 2. The number of aryl methyl sites for hydroxylation is 1. The topological polar surface area (TPSA) is 62.9 Å². The van der Waals surface area contributed by atoms with Crippen LogP contribution in [0.4, 0.5) is 0 Å². The molecule has 7 aromatic rings. The van der Waals surface area contributed by atoms with Gasteiger partial charge in [-0.2, -0.15) is 0 Å². The minimum absolute atomic E-state index is 0.106. The number of benzene rings is 5. The lowest BCUT2D eigenvalue weighted by atomic mass is 9.81. The maximum Gasteiger partial charge on any atom is 0.161 e. The molecular weight excluding hydrogens is 731 g/mol. The zero-order valence-corrected chi connectivity index (χ0v) is 34.4. The Morgan fingerprint density at radius 2 is 1.28 bits per heavy atom. The van der Waals surface area contributed by atoms with E-state index in [2.05, 4.69) is 140 Å². The summed E-state index contributed by atoms with van der Waals surface area (Å²) in [5.74, 6) is 0.990. The molecule has 0 aliphatic heterocycles. The summed E-state index contributed by atoms with van der Waals surface area (Å²) in [6.45, 7) is 15.6. The number of hydrogen-bond donors (Lipinski definition) is 0. The second-order valence-corrected chi connectivity index (χ2v) is 15.6. The lowest BCUT2D eigenvalue weighted by molar-refractivity contribution is 0.659. The summed E-state index contributed by atoms with van der Waals surface area (Å²) in [7, 11) is 0. The zero-order valence-electron chi connectivity index (χ0n) is 34.4. The van der Waals surface area contributed by atoms with Crippen LogP contribution in [0.3, 0.4) is 0 Å². The zero-order chi connectivity index (χ0) is 41.5. The fourth-order valence-electron chi connectivity index (χ4n) is 7.91. The highest BCUT2D eigenvalue weighted by Crippen LogP contribution is 2.49. The maximum absolute atomic E-state index is 5.08. The maximum atomic E-state index is 5.08. The second-order valence-electron chi connectivity index (χ2n) is 15.6. The fraction of sp³-hybridized carbons (Fsp3) is 0.109. The highest BCUT2D eigenvalue weighted by molar-refractivity contribution is 6.14. The highest BCUT2D eigenvalue weighted by Gasteiger charge is 2.35. The van der Waals surface area contributed by atoms with Crippen LogP contribution in [0.25, 0.3) is 39.0 Å². The van der Waals surface area contributed by atoms with Crippen LogP contribution in [0, 0.1) is 6.92 Å². The van der Waals surface area contributed by atoms with Gasteiger partial charge in [0, 0.05) is 52.5 Å². The van der Waals surface area contributed by atoms with Gasteiger partial charge in [-0.05, 0) is 112 Å². The molecule has 0 bridgehead atoms. The van der Waals surface area contributed by atoms with Crippen molar-refractivity contribution in [3.8, 4) is 33.4 Å². The Bertz CT molecular complexity index is 2740. The quantitative estimate of drug-likeness (QED) is 0.0746. The molecule has 5 heteroatoms. The first-order valence-corrected chi connectivity index (χ1v) is 20.3. The van der Waals surface area contributed by atoms with Gasteiger partial charge in [-0.15, -0.1) is 0 Å². The summed E-state index contributed by atoms with van der Waals surface area (Å²) >= 11 is 0. The monoisotopic (exact) mass is 777 g/mol. The van der Waals surface area contributed by atoms with E-state index in [-0.39, 0.29) is 5.41 Å². The molecule has 8 rings (SSSR count). The van der Waals surface area contributed by atoms with E-state index >= 15 is 0 Å². The van der Waals surface area contributed by atoms with Crippen LogP contribution in [-0.4, -0.2) is 28.4 Å². The van der Waals surface area contributed by atoms with Crippen LogP contribution in [0.15, 0.2) is 210 Å². The van der Waals surface area contributed by atoms with Gasteiger partial charge in [-0.1, -0.05) is 147 Å². The molecule has 2 aromatic heterocycles. The van der Waals surface area contributed by atoms with Gasteiger partial charge in [-0.25, -0.2) is 9.98 Å². The van der Waals surface area contributed by atoms with Crippen LogP contribution in [0.5, 0.6) is 0 Å². The van der Waals surface area contributed by atoms with Gasteiger partial charge in [0.05, 0.1) is 6.54 Å². The van der Waals surface area contributed by atoms with Gasteiger partial charge in [0.2, 0.25) is 0 Å².